The quantitative estimate of drug-likeness (QED) is 0.710. The number of nitrogens with one attached hydrogen (secondary N) is 1. The summed E-state index contributed by atoms with van der Waals surface area (Å²) in [7, 11) is 3.75. The standard InChI is InChI=1S/C24H28N4O2/c1-27(15-20-8-5-11-30-20)24(29)23-21-14-18(9-10-22(21)28(2)26-23)25-19-12-16-6-3-4-7-17(16)13-19/h3-8,11,18-19,25H,9-10,12-15H2,1-2H3. The molecule has 0 fully saturated rings. The number of nitrogens with zero attached hydrogens (tertiary/aromatic N) is 3. The summed E-state index contributed by atoms with van der Waals surface area (Å²) in [6.45, 7) is 0.444. The zero-order valence-electron chi connectivity index (χ0n) is 17.6. The van der Waals surface area contributed by atoms with Crippen LogP contribution in [0.2, 0.25) is 0 Å². The van der Waals surface area contributed by atoms with Crippen LogP contribution in [0.4, 0.5) is 0 Å². The summed E-state index contributed by atoms with van der Waals surface area (Å²) in [6.07, 6.45) is 6.69. The van der Waals surface area contributed by atoms with E-state index in [1.54, 1.807) is 18.2 Å². The van der Waals surface area contributed by atoms with E-state index in [0.29, 0.717) is 24.3 Å². The van der Waals surface area contributed by atoms with Gasteiger partial charge in [0.15, 0.2) is 5.69 Å². The van der Waals surface area contributed by atoms with Crippen LogP contribution in [0.5, 0.6) is 0 Å². The molecule has 2 aromatic heterocycles. The molecule has 2 aliphatic rings. The molecule has 0 aliphatic heterocycles. The van der Waals surface area contributed by atoms with Crippen LogP contribution >= 0.6 is 0 Å². The maximum atomic E-state index is 13.1. The molecule has 0 bridgehead atoms. The first-order valence-electron chi connectivity index (χ1n) is 10.7. The largest absolute Gasteiger partial charge is 0.467 e. The van der Waals surface area contributed by atoms with Gasteiger partial charge in [0.05, 0.1) is 12.8 Å². The zero-order valence-corrected chi connectivity index (χ0v) is 17.6. The molecule has 2 heterocycles. The van der Waals surface area contributed by atoms with Gasteiger partial charge in [-0.2, -0.15) is 5.10 Å². The first-order valence-corrected chi connectivity index (χ1v) is 10.7. The smallest absolute Gasteiger partial charge is 0.274 e. The van der Waals surface area contributed by atoms with Crippen molar-refractivity contribution in [3.8, 4) is 0 Å². The van der Waals surface area contributed by atoms with Gasteiger partial charge in [-0.3, -0.25) is 9.48 Å². The van der Waals surface area contributed by atoms with Gasteiger partial charge < -0.3 is 14.6 Å². The van der Waals surface area contributed by atoms with E-state index < -0.39 is 0 Å². The predicted octanol–water partition coefficient (Wildman–Crippen LogP) is 2.90. The average Bonchev–Trinajstić information content (AvgIpc) is 3.46. The van der Waals surface area contributed by atoms with Crippen molar-refractivity contribution in [3.63, 3.8) is 0 Å². The van der Waals surface area contributed by atoms with Crippen LogP contribution in [0, 0.1) is 0 Å². The minimum Gasteiger partial charge on any atom is -0.467 e. The number of hydrogen-bond donors (Lipinski definition) is 1. The molecule has 1 N–H and O–H groups in total. The van der Waals surface area contributed by atoms with Crippen molar-refractivity contribution < 1.29 is 9.21 Å². The molecule has 1 unspecified atom stereocenters. The van der Waals surface area contributed by atoms with Crippen molar-refractivity contribution in [3.05, 3.63) is 76.5 Å². The third kappa shape index (κ3) is 3.56. The number of aromatic nitrogens is 2. The molecule has 5 rings (SSSR count). The van der Waals surface area contributed by atoms with E-state index in [-0.39, 0.29) is 5.91 Å². The maximum absolute atomic E-state index is 13.1. The van der Waals surface area contributed by atoms with E-state index in [9.17, 15) is 4.79 Å². The summed E-state index contributed by atoms with van der Waals surface area (Å²) in [4.78, 5) is 14.8. The monoisotopic (exact) mass is 404 g/mol. The van der Waals surface area contributed by atoms with Crippen molar-refractivity contribution in [2.45, 2.75) is 50.7 Å². The van der Waals surface area contributed by atoms with E-state index in [1.165, 1.54) is 16.8 Å². The number of carbonyl (C=O) groups is 1. The van der Waals surface area contributed by atoms with Gasteiger partial charge in [0.2, 0.25) is 0 Å². The summed E-state index contributed by atoms with van der Waals surface area (Å²) >= 11 is 0. The number of carbonyl (C=O) groups excluding carboxylic acids is 1. The normalized spacial score (nSPS) is 18.3. The number of rotatable bonds is 5. The molecule has 156 valence electrons. The third-order valence-corrected chi connectivity index (χ3v) is 6.50. The van der Waals surface area contributed by atoms with E-state index in [0.717, 1.165) is 43.4 Å². The van der Waals surface area contributed by atoms with Crippen molar-refractivity contribution in [1.29, 1.82) is 0 Å². The van der Waals surface area contributed by atoms with Crippen molar-refractivity contribution in [2.24, 2.45) is 7.05 Å². The van der Waals surface area contributed by atoms with Gasteiger partial charge in [0.1, 0.15) is 5.76 Å². The fourth-order valence-corrected chi connectivity index (χ4v) is 5.00. The molecule has 0 radical (unpaired) electrons. The highest BCUT2D eigenvalue weighted by Gasteiger charge is 2.31. The maximum Gasteiger partial charge on any atom is 0.274 e. The summed E-state index contributed by atoms with van der Waals surface area (Å²) in [5.41, 5.74) is 5.81. The Morgan fingerprint density at radius 2 is 1.93 bits per heavy atom. The zero-order chi connectivity index (χ0) is 20.7. The average molecular weight is 405 g/mol. The van der Waals surface area contributed by atoms with Crippen LogP contribution in [0.1, 0.15) is 45.1 Å². The molecular formula is C24H28N4O2. The van der Waals surface area contributed by atoms with Crippen LogP contribution in [-0.2, 0) is 39.3 Å². The predicted molar refractivity (Wildman–Crippen MR) is 114 cm³/mol. The topological polar surface area (TPSA) is 63.3 Å². The van der Waals surface area contributed by atoms with Crippen LogP contribution in [0.25, 0.3) is 0 Å². The highest BCUT2D eigenvalue weighted by atomic mass is 16.3. The lowest BCUT2D eigenvalue weighted by Crippen LogP contribution is -2.42. The first-order chi connectivity index (χ1) is 14.6. The Balaban J connectivity index is 1.29. The SMILES string of the molecule is CN(Cc1ccco1)C(=O)c1nn(C)c2c1CC(NC1Cc3ccccc3C1)CC2. The molecule has 6 nitrogen and oxygen atoms in total. The summed E-state index contributed by atoms with van der Waals surface area (Å²) < 4.78 is 7.29. The Labute approximate surface area is 176 Å². The van der Waals surface area contributed by atoms with Gasteiger partial charge >= 0.3 is 0 Å². The van der Waals surface area contributed by atoms with Crippen LogP contribution < -0.4 is 5.32 Å². The highest BCUT2D eigenvalue weighted by molar-refractivity contribution is 5.94. The fourth-order valence-electron chi connectivity index (χ4n) is 5.00. The molecule has 2 aliphatic carbocycles. The number of benzene rings is 1. The lowest BCUT2D eigenvalue weighted by Gasteiger charge is -2.27. The Morgan fingerprint density at radius 1 is 1.17 bits per heavy atom. The second-order valence-electron chi connectivity index (χ2n) is 8.62. The van der Waals surface area contributed by atoms with Gasteiger partial charge in [-0.15, -0.1) is 0 Å². The molecule has 1 aromatic carbocycles. The Kier molecular flexibility index (Phi) is 4.95. The van der Waals surface area contributed by atoms with Gasteiger partial charge in [-0.05, 0) is 55.4 Å². The highest BCUT2D eigenvalue weighted by Crippen LogP contribution is 2.28. The molecule has 3 aromatic rings. The Bertz CT molecular complexity index is 1030. The summed E-state index contributed by atoms with van der Waals surface area (Å²) in [5.74, 6) is 0.730. The number of furan rings is 1. The lowest BCUT2D eigenvalue weighted by atomic mass is 9.90. The van der Waals surface area contributed by atoms with Gasteiger partial charge in [-0.25, -0.2) is 0 Å². The van der Waals surface area contributed by atoms with Crippen LogP contribution in [-0.4, -0.2) is 39.7 Å². The van der Waals surface area contributed by atoms with E-state index in [4.69, 9.17) is 4.42 Å². The van der Waals surface area contributed by atoms with E-state index in [2.05, 4.69) is 34.7 Å². The van der Waals surface area contributed by atoms with E-state index >= 15 is 0 Å². The summed E-state index contributed by atoms with van der Waals surface area (Å²) in [5, 5.41) is 8.48. The first kappa shape index (κ1) is 19.1. The molecular weight excluding hydrogens is 376 g/mol. The second-order valence-corrected chi connectivity index (χ2v) is 8.62. The molecule has 6 heteroatoms. The Morgan fingerprint density at radius 3 is 2.63 bits per heavy atom. The lowest BCUT2D eigenvalue weighted by molar-refractivity contribution is 0.0767. The molecule has 1 amide bonds. The minimum absolute atomic E-state index is 0.0443. The van der Waals surface area contributed by atoms with Crippen molar-refractivity contribution in [2.75, 3.05) is 7.05 Å². The fraction of sp³-hybridized carbons (Fsp3) is 0.417. The number of amides is 1. The second kappa shape index (κ2) is 7.76. The van der Waals surface area contributed by atoms with Gasteiger partial charge in [-0.1, -0.05) is 24.3 Å². The molecule has 0 spiro atoms. The number of fused-ring (bicyclic) bond motifs is 2. The van der Waals surface area contributed by atoms with Crippen LogP contribution in [0.3, 0.4) is 0 Å². The Hall–Kier alpha value is -2.86. The molecule has 30 heavy (non-hydrogen) atoms. The van der Waals surface area contributed by atoms with Gasteiger partial charge in [0, 0.05) is 37.4 Å². The van der Waals surface area contributed by atoms with Crippen molar-refractivity contribution >= 4 is 5.91 Å². The number of aryl methyl sites for hydroxylation is 1. The summed E-state index contributed by atoms with van der Waals surface area (Å²) in [6, 6.07) is 13.3. The third-order valence-electron chi connectivity index (χ3n) is 6.50. The molecule has 1 atom stereocenters. The van der Waals surface area contributed by atoms with E-state index in [1.807, 2.05) is 23.9 Å². The minimum atomic E-state index is -0.0443. The molecule has 0 saturated carbocycles. The van der Waals surface area contributed by atoms with Crippen LogP contribution in [0.15, 0.2) is 47.1 Å². The molecule has 0 saturated heterocycles. The number of hydrogen-bond acceptors (Lipinski definition) is 4. The van der Waals surface area contributed by atoms with Crippen molar-refractivity contribution in [1.82, 2.24) is 20.0 Å². The van der Waals surface area contributed by atoms with Gasteiger partial charge in [0.25, 0.3) is 5.91 Å².